The van der Waals surface area contributed by atoms with Crippen molar-refractivity contribution < 1.29 is 17.9 Å². The van der Waals surface area contributed by atoms with E-state index in [0.29, 0.717) is 43.8 Å². The van der Waals surface area contributed by atoms with Gasteiger partial charge >= 0.3 is 0 Å². The third-order valence-corrected chi connectivity index (χ3v) is 7.96. The van der Waals surface area contributed by atoms with Crippen molar-refractivity contribution in [3.63, 3.8) is 0 Å². The smallest absolute Gasteiger partial charge is 0.244 e. The van der Waals surface area contributed by atoms with Crippen LogP contribution >= 0.6 is 0 Å². The lowest BCUT2D eigenvalue weighted by Gasteiger charge is -2.33. The maximum atomic E-state index is 13.4. The molecule has 0 aliphatic carbocycles. The molecule has 0 aromatic heterocycles. The zero-order chi connectivity index (χ0) is 20.6. The quantitative estimate of drug-likeness (QED) is 0.772. The first-order valence-corrected chi connectivity index (χ1v) is 11.4. The van der Waals surface area contributed by atoms with Crippen LogP contribution in [0.15, 0.2) is 47.4 Å². The highest BCUT2D eigenvalue weighted by Crippen LogP contribution is 2.31. The molecule has 1 saturated heterocycles. The topological polar surface area (TPSA) is 66.9 Å². The molecular formula is C22H26N2O4S. The SMILES string of the molecule is COc1ccc(C)c(S(=O)(=O)N2CCCC2C(=O)N2CCc3ccccc3C2)c1. The van der Waals surface area contributed by atoms with Crippen LogP contribution in [0.3, 0.4) is 0 Å². The molecule has 7 heteroatoms. The number of aryl methyl sites for hydroxylation is 1. The molecule has 1 unspecified atom stereocenters. The van der Waals surface area contributed by atoms with E-state index < -0.39 is 16.1 Å². The maximum absolute atomic E-state index is 13.4. The number of carbonyl (C=O) groups is 1. The average Bonchev–Trinajstić information content (AvgIpc) is 3.24. The maximum Gasteiger partial charge on any atom is 0.244 e. The fourth-order valence-electron chi connectivity index (χ4n) is 4.28. The summed E-state index contributed by atoms with van der Waals surface area (Å²) in [5.41, 5.74) is 3.05. The number of sulfonamides is 1. The summed E-state index contributed by atoms with van der Waals surface area (Å²) in [6, 6.07) is 12.5. The van der Waals surface area contributed by atoms with E-state index in [-0.39, 0.29) is 10.8 Å². The van der Waals surface area contributed by atoms with Crippen LogP contribution in [0.4, 0.5) is 0 Å². The summed E-state index contributed by atoms with van der Waals surface area (Å²) in [6.07, 6.45) is 2.04. The second-order valence-corrected chi connectivity index (χ2v) is 9.54. The fraction of sp³-hybridized carbons (Fsp3) is 0.409. The molecule has 1 atom stereocenters. The number of nitrogens with zero attached hydrogens (tertiary/aromatic N) is 2. The Labute approximate surface area is 172 Å². The van der Waals surface area contributed by atoms with Crippen LogP contribution in [0, 0.1) is 6.92 Å². The van der Waals surface area contributed by atoms with Crippen LogP contribution in [-0.2, 0) is 27.8 Å². The standard InChI is InChI=1S/C22H26N2O4S/c1-16-9-10-19(28-2)14-21(16)29(26,27)24-12-5-8-20(24)22(25)23-13-11-17-6-3-4-7-18(17)15-23/h3-4,6-7,9-10,14,20H,5,8,11-13,15H2,1-2H3. The van der Waals surface area contributed by atoms with Crippen molar-refractivity contribution in [3.8, 4) is 5.75 Å². The number of amides is 1. The number of rotatable bonds is 4. The predicted molar refractivity (Wildman–Crippen MR) is 110 cm³/mol. The van der Waals surface area contributed by atoms with Gasteiger partial charge in [-0.3, -0.25) is 4.79 Å². The summed E-state index contributed by atoms with van der Waals surface area (Å²) in [5.74, 6) is 0.394. The van der Waals surface area contributed by atoms with E-state index in [0.717, 1.165) is 12.0 Å². The molecule has 1 amide bonds. The first kappa shape index (κ1) is 19.9. The van der Waals surface area contributed by atoms with E-state index >= 15 is 0 Å². The fourth-order valence-corrected chi connectivity index (χ4v) is 6.17. The van der Waals surface area contributed by atoms with Crippen LogP contribution < -0.4 is 4.74 Å². The van der Waals surface area contributed by atoms with Crippen LogP contribution in [0.1, 0.15) is 29.5 Å². The van der Waals surface area contributed by atoms with Gasteiger partial charge in [-0.25, -0.2) is 8.42 Å². The van der Waals surface area contributed by atoms with Crippen LogP contribution in [0.2, 0.25) is 0 Å². The van der Waals surface area contributed by atoms with Crippen molar-refractivity contribution in [2.75, 3.05) is 20.2 Å². The lowest BCUT2D eigenvalue weighted by Crippen LogP contribution is -2.49. The molecule has 1 fully saturated rings. The number of fused-ring (bicyclic) bond motifs is 1. The Kier molecular flexibility index (Phi) is 5.36. The molecule has 2 aliphatic heterocycles. The summed E-state index contributed by atoms with van der Waals surface area (Å²) < 4.78 is 33.4. The Morgan fingerprint density at radius 3 is 2.62 bits per heavy atom. The lowest BCUT2D eigenvalue weighted by atomic mass is 9.99. The van der Waals surface area contributed by atoms with Crippen molar-refractivity contribution >= 4 is 15.9 Å². The van der Waals surface area contributed by atoms with Gasteiger partial charge in [0.2, 0.25) is 15.9 Å². The predicted octanol–water partition coefficient (Wildman–Crippen LogP) is 2.74. The summed E-state index contributed by atoms with van der Waals surface area (Å²) in [6.45, 7) is 3.29. The molecule has 0 bridgehead atoms. The lowest BCUT2D eigenvalue weighted by molar-refractivity contribution is -0.135. The van der Waals surface area contributed by atoms with Gasteiger partial charge in [0.15, 0.2) is 0 Å². The van der Waals surface area contributed by atoms with Gasteiger partial charge in [0.05, 0.1) is 12.0 Å². The highest BCUT2D eigenvalue weighted by Gasteiger charge is 2.42. The molecule has 0 N–H and O–H groups in total. The van der Waals surface area contributed by atoms with Crippen LogP contribution in [0.5, 0.6) is 5.75 Å². The van der Waals surface area contributed by atoms with E-state index in [2.05, 4.69) is 6.07 Å². The highest BCUT2D eigenvalue weighted by atomic mass is 32.2. The normalized spacial score (nSPS) is 19.8. The van der Waals surface area contributed by atoms with Gasteiger partial charge in [0.25, 0.3) is 0 Å². The number of ether oxygens (including phenoxy) is 1. The van der Waals surface area contributed by atoms with E-state index in [1.165, 1.54) is 17.0 Å². The van der Waals surface area contributed by atoms with Crippen molar-refractivity contribution in [1.29, 1.82) is 0 Å². The van der Waals surface area contributed by atoms with Gasteiger partial charge < -0.3 is 9.64 Å². The van der Waals surface area contributed by atoms with E-state index in [9.17, 15) is 13.2 Å². The molecule has 0 radical (unpaired) electrons. The molecular weight excluding hydrogens is 388 g/mol. The van der Waals surface area contributed by atoms with Crippen LogP contribution in [-0.4, -0.2) is 49.8 Å². The summed E-state index contributed by atoms with van der Waals surface area (Å²) in [4.78, 5) is 15.3. The number of methoxy groups -OCH3 is 1. The first-order chi connectivity index (χ1) is 13.9. The first-order valence-electron chi connectivity index (χ1n) is 9.94. The minimum atomic E-state index is -3.79. The third-order valence-electron chi connectivity index (χ3n) is 5.91. The number of carbonyl (C=O) groups excluding carboxylic acids is 1. The molecule has 4 rings (SSSR count). The zero-order valence-corrected chi connectivity index (χ0v) is 17.6. The second-order valence-electron chi connectivity index (χ2n) is 7.68. The molecule has 0 saturated carbocycles. The Morgan fingerprint density at radius 1 is 1.10 bits per heavy atom. The zero-order valence-electron chi connectivity index (χ0n) is 16.8. The van der Waals surface area contributed by atoms with Gasteiger partial charge in [-0.15, -0.1) is 0 Å². The van der Waals surface area contributed by atoms with Crippen molar-refractivity contribution in [2.45, 2.75) is 43.7 Å². The summed E-state index contributed by atoms with van der Waals surface area (Å²) in [7, 11) is -2.28. The van der Waals surface area contributed by atoms with Crippen molar-refractivity contribution in [1.82, 2.24) is 9.21 Å². The molecule has 154 valence electrons. The average molecular weight is 415 g/mol. The van der Waals surface area contributed by atoms with Gasteiger partial charge in [-0.1, -0.05) is 30.3 Å². The number of hydrogen-bond donors (Lipinski definition) is 0. The molecule has 2 aromatic rings. The van der Waals surface area contributed by atoms with Gasteiger partial charge in [-0.05, 0) is 48.9 Å². The molecule has 0 spiro atoms. The monoisotopic (exact) mass is 414 g/mol. The second kappa shape index (κ2) is 7.80. The summed E-state index contributed by atoms with van der Waals surface area (Å²) in [5, 5.41) is 0. The largest absolute Gasteiger partial charge is 0.497 e. The van der Waals surface area contributed by atoms with E-state index in [4.69, 9.17) is 4.74 Å². The van der Waals surface area contributed by atoms with E-state index in [1.807, 2.05) is 18.2 Å². The van der Waals surface area contributed by atoms with Gasteiger partial charge in [-0.2, -0.15) is 4.31 Å². The Morgan fingerprint density at radius 2 is 1.86 bits per heavy atom. The van der Waals surface area contributed by atoms with Gasteiger partial charge in [0, 0.05) is 25.7 Å². The number of hydrogen-bond acceptors (Lipinski definition) is 4. The molecule has 2 heterocycles. The number of benzene rings is 2. The highest BCUT2D eigenvalue weighted by molar-refractivity contribution is 7.89. The molecule has 29 heavy (non-hydrogen) atoms. The minimum Gasteiger partial charge on any atom is -0.497 e. The third kappa shape index (κ3) is 3.65. The van der Waals surface area contributed by atoms with Crippen molar-refractivity contribution in [3.05, 3.63) is 59.2 Å². The Balaban J connectivity index is 1.60. The Hall–Kier alpha value is -2.38. The van der Waals surface area contributed by atoms with E-state index in [1.54, 1.807) is 30.0 Å². The van der Waals surface area contributed by atoms with Crippen molar-refractivity contribution in [2.24, 2.45) is 0 Å². The molecule has 6 nitrogen and oxygen atoms in total. The Bertz CT molecular complexity index is 1030. The molecule has 2 aromatic carbocycles. The molecule has 2 aliphatic rings. The van der Waals surface area contributed by atoms with Crippen LogP contribution in [0.25, 0.3) is 0 Å². The minimum absolute atomic E-state index is 0.0962. The summed E-state index contributed by atoms with van der Waals surface area (Å²) >= 11 is 0. The van der Waals surface area contributed by atoms with Gasteiger partial charge in [0.1, 0.15) is 11.8 Å².